The monoisotopic (exact) mass is 301 g/mol. The van der Waals surface area contributed by atoms with Crippen LogP contribution in [0.1, 0.15) is 36.3 Å². The van der Waals surface area contributed by atoms with Crippen LogP contribution in [0.4, 0.5) is 5.82 Å². The lowest BCUT2D eigenvalue weighted by atomic mass is 10.1. The van der Waals surface area contributed by atoms with Crippen LogP contribution >= 0.6 is 0 Å². The van der Waals surface area contributed by atoms with Gasteiger partial charge in [0.15, 0.2) is 11.3 Å². The van der Waals surface area contributed by atoms with Gasteiger partial charge in [-0.25, -0.2) is 14.6 Å². The highest BCUT2D eigenvalue weighted by Gasteiger charge is 2.26. The lowest BCUT2D eigenvalue weighted by Crippen LogP contribution is -2.33. The number of primary amides is 1. The van der Waals surface area contributed by atoms with Crippen LogP contribution in [0, 0.1) is 0 Å². The topological polar surface area (TPSA) is 116 Å². The number of carbonyl (C=O) groups excluding carboxylic acids is 1. The molecule has 1 amide bonds. The van der Waals surface area contributed by atoms with Crippen molar-refractivity contribution in [2.24, 2.45) is 5.73 Å². The summed E-state index contributed by atoms with van der Waals surface area (Å²) in [7, 11) is 0. The van der Waals surface area contributed by atoms with Crippen LogP contribution in [0.2, 0.25) is 0 Å². The average molecular weight is 301 g/mol. The van der Waals surface area contributed by atoms with Crippen LogP contribution in [0.5, 0.6) is 0 Å². The third-order valence-corrected chi connectivity index (χ3v) is 3.89. The number of amides is 1. The molecule has 2 aromatic heterocycles. The first-order valence-electron chi connectivity index (χ1n) is 7.27. The van der Waals surface area contributed by atoms with Gasteiger partial charge in [-0.05, 0) is 26.0 Å². The van der Waals surface area contributed by atoms with Crippen LogP contribution < -0.4 is 11.5 Å². The molecule has 0 bridgehead atoms. The summed E-state index contributed by atoms with van der Waals surface area (Å²) in [5.74, 6) is -0.391. The van der Waals surface area contributed by atoms with Crippen LogP contribution in [0.15, 0.2) is 18.6 Å². The molecule has 0 radical (unpaired) electrons. The summed E-state index contributed by atoms with van der Waals surface area (Å²) in [5.41, 5.74) is 12.0. The number of anilines is 1. The molecule has 22 heavy (non-hydrogen) atoms. The van der Waals surface area contributed by atoms with E-state index in [0.29, 0.717) is 11.0 Å². The number of likely N-dealkylation sites (tertiary alicyclic amines) is 1. The van der Waals surface area contributed by atoms with E-state index < -0.39 is 5.91 Å². The van der Waals surface area contributed by atoms with Crippen molar-refractivity contribution in [2.75, 3.05) is 18.8 Å². The molecule has 0 spiro atoms. The summed E-state index contributed by atoms with van der Waals surface area (Å²) >= 11 is 0. The molecule has 1 aliphatic heterocycles. The molecule has 2 aromatic rings. The molecule has 3 rings (SSSR count). The lowest BCUT2D eigenvalue weighted by Gasteiger charge is -2.32. The second kappa shape index (κ2) is 5.63. The van der Waals surface area contributed by atoms with Gasteiger partial charge in [-0.3, -0.25) is 4.79 Å². The minimum atomic E-state index is -0.619. The summed E-state index contributed by atoms with van der Waals surface area (Å²) in [5, 5.41) is 4.82. The second-order valence-electron chi connectivity index (χ2n) is 5.39. The summed E-state index contributed by atoms with van der Waals surface area (Å²) in [6.45, 7) is 3.81. The normalized spacial score (nSPS) is 19.1. The highest BCUT2D eigenvalue weighted by atomic mass is 16.1. The van der Waals surface area contributed by atoms with E-state index in [-0.39, 0.29) is 17.6 Å². The van der Waals surface area contributed by atoms with Gasteiger partial charge in [0.2, 0.25) is 0 Å². The van der Waals surface area contributed by atoms with Gasteiger partial charge < -0.3 is 16.4 Å². The Morgan fingerprint density at radius 2 is 2.27 bits per heavy atom. The molecule has 0 aliphatic carbocycles. The van der Waals surface area contributed by atoms with Crippen molar-refractivity contribution in [1.82, 2.24) is 24.6 Å². The van der Waals surface area contributed by atoms with Gasteiger partial charge in [0, 0.05) is 13.1 Å². The van der Waals surface area contributed by atoms with E-state index in [2.05, 4.69) is 26.2 Å². The fraction of sp³-hybridized carbons (Fsp3) is 0.429. The number of nitrogens with zero attached hydrogens (tertiary/aromatic N) is 5. The Balaban J connectivity index is 2.07. The summed E-state index contributed by atoms with van der Waals surface area (Å²) < 4.78 is 1.77. The number of hydrogen-bond donors (Lipinski definition) is 2. The molecule has 1 atom stereocenters. The van der Waals surface area contributed by atoms with E-state index in [1.54, 1.807) is 4.68 Å². The van der Waals surface area contributed by atoms with Gasteiger partial charge >= 0.3 is 0 Å². The molecule has 1 unspecified atom stereocenters. The number of piperidine rings is 1. The molecule has 116 valence electrons. The summed E-state index contributed by atoms with van der Waals surface area (Å²) in [6.07, 6.45) is 7.47. The van der Waals surface area contributed by atoms with Crippen LogP contribution in [-0.2, 0) is 0 Å². The van der Waals surface area contributed by atoms with Crippen LogP contribution in [0.25, 0.3) is 11.0 Å². The van der Waals surface area contributed by atoms with Gasteiger partial charge in [-0.1, -0.05) is 6.08 Å². The molecule has 1 saturated heterocycles. The van der Waals surface area contributed by atoms with Crippen molar-refractivity contribution in [2.45, 2.75) is 25.8 Å². The van der Waals surface area contributed by atoms with Crippen molar-refractivity contribution in [1.29, 1.82) is 0 Å². The summed E-state index contributed by atoms with van der Waals surface area (Å²) in [4.78, 5) is 22.1. The predicted molar refractivity (Wildman–Crippen MR) is 82.9 cm³/mol. The van der Waals surface area contributed by atoms with E-state index in [4.69, 9.17) is 11.5 Å². The Morgan fingerprint density at radius 3 is 3.00 bits per heavy atom. The maximum absolute atomic E-state index is 11.6. The Bertz CT molecular complexity index is 736. The number of rotatable bonds is 3. The third-order valence-electron chi connectivity index (χ3n) is 3.89. The van der Waals surface area contributed by atoms with Gasteiger partial charge in [-0.15, -0.1) is 0 Å². The zero-order valence-electron chi connectivity index (χ0n) is 12.4. The molecule has 1 fully saturated rings. The molecular weight excluding hydrogens is 282 g/mol. The zero-order chi connectivity index (χ0) is 15.7. The fourth-order valence-electron chi connectivity index (χ4n) is 2.95. The van der Waals surface area contributed by atoms with Gasteiger partial charge in [0.05, 0.1) is 11.4 Å². The predicted octanol–water partition coefficient (Wildman–Crippen LogP) is 0.678. The number of allylic oxidation sites excluding steroid dienone is 1. The first kappa shape index (κ1) is 14.3. The van der Waals surface area contributed by atoms with Crippen molar-refractivity contribution in [3.05, 3.63) is 24.3 Å². The molecule has 4 N–H and O–H groups in total. The van der Waals surface area contributed by atoms with E-state index in [9.17, 15) is 4.79 Å². The minimum Gasteiger partial charge on any atom is -0.383 e. The fourth-order valence-corrected chi connectivity index (χ4v) is 2.95. The Labute approximate surface area is 127 Å². The molecule has 0 aromatic carbocycles. The lowest BCUT2D eigenvalue weighted by molar-refractivity contribution is 0.0995. The van der Waals surface area contributed by atoms with Crippen molar-refractivity contribution in [3.63, 3.8) is 0 Å². The largest absolute Gasteiger partial charge is 0.383 e. The maximum atomic E-state index is 11.6. The number of aromatic nitrogens is 4. The van der Waals surface area contributed by atoms with Crippen LogP contribution in [0.3, 0.4) is 0 Å². The first-order chi connectivity index (χ1) is 10.6. The smallest absolute Gasteiger partial charge is 0.270 e. The standard InChI is InChI=1S/C14H19N7O/c1-2-5-20-6-3-4-9(7-20)21-14-10(11(19-21)13(16)22)12(15)17-8-18-14/h2,5,8-9H,3-4,6-7H2,1H3,(H2,16,22)(H2,15,17,18). The van der Waals surface area contributed by atoms with Crippen molar-refractivity contribution in [3.8, 4) is 0 Å². The molecule has 3 heterocycles. The van der Waals surface area contributed by atoms with E-state index in [1.807, 2.05) is 13.0 Å². The van der Waals surface area contributed by atoms with Crippen molar-refractivity contribution >= 4 is 22.8 Å². The quantitative estimate of drug-likeness (QED) is 0.861. The Hall–Kier alpha value is -2.64. The number of hydrogen-bond acceptors (Lipinski definition) is 6. The van der Waals surface area contributed by atoms with Gasteiger partial charge in [0.1, 0.15) is 12.1 Å². The SMILES string of the molecule is CC=CN1CCCC(n2nc(C(N)=O)c3c(N)ncnc32)C1. The highest BCUT2D eigenvalue weighted by Crippen LogP contribution is 2.28. The molecule has 0 saturated carbocycles. The molecule has 8 nitrogen and oxygen atoms in total. The molecular formula is C14H19N7O. The van der Waals surface area contributed by atoms with Gasteiger partial charge in [0.25, 0.3) is 5.91 Å². The summed E-state index contributed by atoms with van der Waals surface area (Å²) in [6, 6.07) is 0.120. The Kier molecular flexibility index (Phi) is 3.66. The second-order valence-corrected chi connectivity index (χ2v) is 5.39. The third kappa shape index (κ3) is 2.36. The van der Waals surface area contributed by atoms with Crippen molar-refractivity contribution < 1.29 is 4.79 Å². The van der Waals surface area contributed by atoms with Crippen LogP contribution in [-0.4, -0.2) is 43.6 Å². The number of nitrogen functional groups attached to an aromatic ring is 1. The molecule has 8 heteroatoms. The average Bonchev–Trinajstić information content (AvgIpc) is 2.89. The number of carbonyl (C=O) groups is 1. The van der Waals surface area contributed by atoms with E-state index >= 15 is 0 Å². The van der Waals surface area contributed by atoms with E-state index in [0.717, 1.165) is 25.9 Å². The zero-order valence-corrected chi connectivity index (χ0v) is 12.4. The maximum Gasteiger partial charge on any atom is 0.270 e. The Morgan fingerprint density at radius 1 is 1.45 bits per heavy atom. The first-order valence-corrected chi connectivity index (χ1v) is 7.27. The highest BCUT2D eigenvalue weighted by molar-refractivity contribution is 6.06. The number of nitrogens with two attached hydrogens (primary N) is 2. The van der Waals surface area contributed by atoms with Gasteiger partial charge in [-0.2, -0.15) is 5.10 Å². The number of fused-ring (bicyclic) bond motifs is 1. The molecule has 1 aliphatic rings. The minimum absolute atomic E-state index is 0.120. The van der Waals surface area contributed by atoms with E-state index in [1.165, 1.54) is 6.33 Å².